The summed E-state index contributed by atoms with van der Waals surface area (Å²) in [5, 5.41) is 11.5. The number of nitrogens with zero attached hydrogens (tertiary/aromatic N) is 2. The van der Waals surface area contributed by atoms with Crippen molar-refractivity contribution in [3.63, 3.8) is 0 Å². The van der Waals surface area contributed by atoms with E-state index in [1.165, 1.54) is 6.20 Å². The minimum Gasteiger partial charge on any atom is -0.348 e. The van der Waals surface area contributed by atoms with E-state index in [2.05, 4.69) is 10.3 Å². The Labute approximate surface area is 99.2 Å². The summed E-state index contributed by atoms with van der Waals surface area (Å²) in [4.78, 5) is 15.7. The third-order valence-electron chi connectivity index (χ3n) is 2.01. The zero-order chi connectivity index (χ0) is 12.1. The van der Waals surface area contributed by atoms with Crippen molar-refractivity contribution in [1.82, 2.24) is 10.3 Å². The smallest absolute Gasteiger partial charge is 0.254 e. The van der Waals surface area contributed by atoms with Crippen molar-refractivity contribution in [1.29, 1.82) is 5.26 Å². The molecule has 1 atom stereocenters. The van der Waals surface area contributed by atoms with Crippen molar-refractivity contribution < 1.29 is 4.79 Å². The second-order valence-electron chi connectivity index (χ2n) is 3.54. The number of amides is 1. The number of aromatic nitrogens is 1. The van der Waals surface area contributed by atoms with Gasteiger partial charge in [-0.15, -0.1) is 0 Å². The van der Waals surface area contributed by atoms with Gasteiger partial charge in [0.15, 0.2) is 0 Å². The van der Waals surface area contributed by atoms with Crippen LogP contribution >= 0.6 is 11.6 Å². The Hall–Kier alpha value is -1.60. The zero-order valence-corrected chi connectivity index (χ0v) is 9.88. The van der Waals surface area contributed by atoms with Gasteiger partial charge >= 0.3 is 0 Å². The van der Waals surface area contributed by atoms with Gasteiger partial charge in [-0.25, -0.2) is 0 Å². The van der Waals surface area contributed by atoms with E-state index in [1.54, 1.807) is 19.9 Å². The Morgan fingerprint density at radius 1 is 1.75 bits per heavy atom. The lowest BCUT2D eigenvalue weighted by molar-refractivity contribution is 0.0940. The van der Waals surface area contributed by atoms with Crippen LogP contribution in [0, 0.1) is 18.3 Å². The molecule has 5 heteroatoms. The summed E-state index contributed by atoms with van der Waals surface area (Å²) < 4.78 is 0. The Morgan fingerprint density at radius 2 is 2.44 bits per heavy atom. The molecule has 16 heavy (non-hydrogen) atoms. The molecule has 84 valence electrons. The topological polar surface area (TPSA) is 65.8 Å². The maximum absolute atomic E-state index is 11.7. The Bertz CT molecular complexity index is 439. The SMILES string of the molecule is Cc1cc(Cl)c(C(=O)NC(C)CC#N)cn1. The van der Waals surface area contributed by atoms with Gasteiger partial charge in [0.05, 0.1) is 23.1 Å². The molecule has 0 bridgehead atoms. The first kappa shape index (κ1) is 12.5. The second-order valence-corrected chi connectivity index (χ2v) is 3.95. The molecular formula is C11H12ClN3O. The summed E-state index contributed by atoms with van der Waals surface area (Å²) in [6.45, 7) is 3.56. The van der Waals surface area contributed by atoms with Crippen LogP contribution < -0.4 is 5.32 Å². The predicted molar refractivity (Wildman–Crippen MR) is 61.1 cm³/mol. The number of hydrogen-bond donors (Lipinski definition) is 1. The van der Waals surface area contributed by atoms with Crippen LogP contribution in [0.2, 0.25) is 5.02 Å². The van der Waals surface area contributed by atoms with Gasteiger partial charge in [-0.2, -0.15) is 5.26 Å². The Kier molecular flexibility index (Phi) is 4.27. The summed E-state index contributed by atoms with van der Waals surface area (Å²) >= 11 is 5.92. The van der Waals surface area contributed by atoms with Crippen LogP contribution in [0.15, 0.2) is 12.3 Å². The number of nitrogens with one attached hydrogen (secondary N) is 1. The number of carbonyl (C=O) groups is 1. The average Bonchev–Trinajstić information content (AvgIpc) is 2.17. The molecule has 0 fully saturated rings. The molecule has 4 nitrogen and oxygen atoms in total. The molecule has 1 aromatic heterocycles. The van der Waals surface area contributed by atoms with Gasteiger partial charge in [0.2, 0.25) is 0 Å². The van der Waals surface area contributed by atoms with Crippen LogP contribution in [-0.2, 0) is 0 Å². The van der Waals surface area contributed by atoms with E-state index in [-0.39, 0.29) is 18.4 Å². The number of rotatable bonds is 3. The van der Waals surface area contributed by atoms with Gasteiger partial charge in [-0.3, -0.25) is 9.78 Å². The number of aryl methyl sites for hydroxylation is 1. The molecule has 0 aliphatic heterocycles. The molecule has 1 N–H and O–H groups in total. The van der Waals surface area contributed by atoms with Crippen molar-refractivity contribution in [2.75, 3.05) is 0 Å². The summed E-state index contributed by atoms with van der Waals surface area (Å²) in [5.74, 6) is -0.305. The lowest BCUT2D eigenvalue weighted by atomic mass is 10.2. The highest BCUT2D eigenvalue weighted by atomic mass is 35.5. The molecule has 0 aliphatic rings. The molecule has 1 unspecified atom stereocenters. The summed E-state index contributed by atoms with van der Waals surface area (Å²) in [6.07, 6.45) is 1.70. The summed E-state index contributed by atoms with van der Waals surface area (Å²) in [5.41, 5.74) is 1.09. The number of carbonyl (C=O) groups excluding carboxylic acids is 1. The third-order valence-corrected chi connectivity index (χ3v) is 2.32. The van der Waals surface area contributed by atoms with Crippen molar-refractivity contribution in [3.8, 4) is 6.07 Å². The molecule has 0 spiro atoms. The van der Waals surface area contributed by atoms with Crippen molar-refractivity contribution in [3.05, 3.63) is 28.5 Å². The Morgan fingerprint density at radius 3 is 3.00 bits per heavy atom. The molecule has 1 amide bonds. The quantitative estimate of drug-likeness (QED) is 0.875. The van der Waals surface area contributed by atoms with E-state index in [0.29, 0.717) is 10.6 Å². The van der Waals surface area contributed by atoms with Gasteiger partial charge in [0, 0.05) is 17.9 Å². The predicted octanol–water partition coefficient (Wildman–Crippen LogP) is 2.08. The molecule has 0 aromatic carbocycles. The monoisotopic (exact) mass is 237 g/mol. The van der Waals surface area contributed by atoms with Crippen LogP contribution in [0.5, 0.6) is 0 Å². The molecule has 1 heterocycles. The minimum absolute atomic E-state index is 0.199. The van der Waals surface area contributed by atoms with Gasteiger partial charge in [0.1, 0.15) is 0 Å². The average molecular weight is 238 g/mol. The maximum Gasteiger partial charge on any atom is 0.254 e. The summed E-state index contributed by atoms with van der Waals surface area (Å²) in [7, 11) is 0. The standard InChI is InChI=1S/C11H12ClN3O/c1-7(3-4-13)15-11(16)9-6-14-8(2)5-10(9)12/h5-7H,3H2,1-2H3,(H,15,16). The van der Waals surface area contributed by atoms with Gasteiger partial charge in [-0.05, 0) is 19.9 Å². The lowest BCUT2D eigenvalue weighted by Crippen LogP contribution is -2.32. The van der Waals surface area contributed by atoms with Crippen LogP contribution in [0.25, 0.3) is 0 Å². The van der Waals surface area contributed by atoms with E-state index in [1.807, 2.05) is 6.07 Å². The number of nitriles is 1. The fourth-order valence-corrected chi connectivity index (χ4v) is 1.48. The van der Waals surface area contributed by atoms with E-state index in [9.17, 15) is 4.79 Å². The molecular weight excluding hydrogens is 226 g/mol. The number of pyridine rings is 1. The van der Waals surface area contributed by atoms with Gasteiger partial charge in [0.25, 0.3) is 5.91 Å². The first-order valence-corrected chi connectivity index (χ1v) is 5.22. The third kappa shape index (κ3) is 3.21. The second kappa shape index (κ2) is 5.47. The molecule has 0 aliphatic carbocycles. The molecule has 1 rings (SSSR count). The summed E-state index contributed by atoms with van der Waals surface area (Å²) in [6, 6.07) is 3.42. The fourth-order valence-electron chi connectivity index (χ4n) is 1.18. The fraction of sp³-hybridized carbons (Fsp3) is 0.364. The normalized spacial score (nSPS) is 11.6. The van der Waals surface area contributed by atoms with Crippen LogP contribution in [0.1, 0.15) is 29.4 Å². The maximum atomic E-state index is 11.7. The van der Waals surface area contributed by atoms with E-state index >= 15 is 0 Å². The van der Waals surface area contributed by atoms with Crippen molar-refractivity contribution >= 4 is 17.5 Å². The van der Waals surface area contributed by atoms with Crippen LogP contribution in [0.3, 0.4) is 0 Å². The molecule has 0 radical (unpaired) electrons. The number of hydrogen-bond acceptors (Lipinski definition) is 3. The first-order valence-electron chi connectivity index (χ1n) is 4.84. The van der Waals surface area contributed by atoms with Gasteiger partial charge < -0.3 is 5.32 Å². The highest BCUT2D eigenvalue weighted by Gasteiger charge is 2.13. The van der Waals surface area contributed by atoms with E-state index in [0.717, 1.165) is 5.69 Å². The van der Waals surface area contributed by atoms with Crippen LogP contribution in [-0.4, -0.2) is 16.9 Å². The highest BCUT2D eigenvalue weighted by Crippen LogP contribution is 2.15. The molecule has 0 saturated carbocycles. The van der Waals surface area contributed by atoms with E-state index in [4.69, 9.17) is 16.9 Å². The van der Waals surface area contributed by atoms with Crippen molar-refractivity contribution in [2.45, 2.75) is 26.3 Å². The lowest BCUT2D eigenvalue weighted by Gasteiger charge is -2.11. The van der Waals surface area contributed by atoms with E-state index < -0.39 is 0 Å². The van der Waals surface area contributed by atoms with Crippen molar-refractivity contribution in [2.24, 2.45) is 0 Å². The zero-order valence-electron chi connectivity index (χ0n) is 9.12. The van der Waals surface area contributed by atoms with Gasteiger partial charge in [-0.1, -0.05) is 11.6 Å². The van der Waals surface area contributed by atoms with Crippen LogP contribution in [0.4, 0.5) is 0 Å². The Balaban J connectivity index is 2.78. The molecule has 1 aromatic rings. The number of halogens is 1. The molecule has 0 saturated heterocycles. The minimum atomic E-state index is -0.305. The largest absolute Gasteiger partial charge is 0.348 e. The highest BCUT2D eigenvalue weighted by molar-refractivity contribution is 6.33. The first-order chi connectivity index (χ1) is 7.54.